The average molecular weight is 322 g/mol. The van der Waals surface area contributed by atoms with Gasteiger partial charge in [-0.05, 0) is 38.1 Å². The smallest absolute Gasteiger partial charge is 0.325 e. The molecule has 0 aromatic rings. The Bertz CT molecular complexity index is 502. The van der Waals surface area contributed by atoms with E-state index in [2.05, 4.69) is 10.6 Å². The van der Waals surface area contributed by atoms with Crippen LogP contribution in [0.3, 0.4) is 0 Å². The molecule has 2 atom stereocenters. The maximum absolute atomic E-state index is 12.5. The molecule has 1 saturated heterocycles. The van der Waals surface area contributed by atoms with Crippen molar-refractivity contribution in [2.24, 2.45) is 11.7 Å². The molecule has 4 N–H and O–H groups in total. The summed E-state index contributed by atoms with van der Waals surface area (Å²) in [6, 6.07) is -0.381. The lowest BCUT2D eigenvalue weighted by Crippen LogP contribution is -2.49. The first-order chi connectivity index (χ1) is 11.1. The first-order valence-electron chi connectivity index (χ1n) is 8.69. The summed E-state index contributed by atoms with van der Waals surface area (Å²) in [5.41, 5.74) is 5.03. The molecule has 1 aliphatic heterocycles. The lowest BCUT2D eigenvalue weighted by molar-refractivity contribution is -0.135. The Morgan fingerprint density at radius 2 is 1.91 bits per heavy atom. The van der Waals surface area contributed by atoms with E-state index < -0.39 is 11.6 Å². The van der Waals surface area contributed by atoms with Gasteiger partial charge in [-0.15, -0.1) is 0 Å². The van der Waals surface area contributed by atoms with Gasteiger partial charge in [-0.25, -0.2) is 4.79 Å². The van der Waals surface area contributed by atoms with Crippen molar-refractivity contribution in [2.75, 3.05) is 13.1 Å². The number of hydrogen-bond acceptors (Lipinski definition) is 4. The van der Waals surface area contributed by atoms with Gasteiger partial charge in [0.25, 0.3) is 5.91 Å². The molecule has 2 aliphatic carbocycles. The van der Waals surface area contributed by atoms with Gasteiger partial charge in [-0.1, -0.05) is 25.7 Å². The highest BCUT2D eigenvalue weighted by Gasteiger charge is 2.52. The molecule has 7 heteroatoms. The third kappa shape index (κ3) is 3.06. The highest BCUT2D eigenvalue weighted by molar-refractivity contribution is 6.09. The van der Waals surface area contributed by atoms with Crippen molar-refractivity contribution in [3.05, 3.63) is 0 Å². The second kappa shape index (κ2) is 6.47. The van der Waals surface area contributed by atoms with Gasteiger partial charge in [0.15, 0.2) is 0 Å². The Morgan fingerprint density at radius 3 is 2.61 bits per heavy atom. The van der Waals surface area contributed by atoms with Gasteiger partial charge in [-0.3, -0.25) is 14.5 Å². The van der Waals surface area contributed by atoms with E-state index in [4.69, 9.17) is 5.73 Å². The van der Waals surface area contributed by atoms with E-state index in [0.717, 1.165) is 43.4 Å². The first kappa shape index (κ1) is 16.2. The second-order valence-corrected chi connectivity index (χ2v) is 7.06. The van der Waals surface area contributed by atoms with Crippen molar-refractivity contribution in [1.29, 1.82) is 0 Å². The monoisotopic (exact) mass is 322 g/mol. The van der Waals surface area contributed by atoms with Gasteiger partial charge in [0.05, 0.1) is 0 Å². The summed E-state index contributed by atoms with van der Waals surface area (Å²) in [6.45, 7) is 0.359. The molecule has 3 rings (SSSR count). The van der Waals surface area contributed by atoms with Crippen molar-refractivity contribution >= 4 is 17.8 Å². The average Bonchev–Trinajstić information content (AvgIpc) is 3.09. The van der Waals surface area contributed by atoms with Crippen LogP contribution in [-0.4, -0.2) is 47.4 Å². The minimum atomic E-state index is -0.748. The number of carbonyl (C=O) groups excluding carboxylic acids is 3. The largest absolute Gasteiger partial charge is 0.351 e. The molecule has 0 aromatic carbocycles. The van der Waals surface area contributed by atoms with Crippen molar-refractivity contribution in [2.45, 2.75) is 62.9 Å². The van der Waals surface area contributed by atoms with Gasteiger partial charge in [0, 0.05) is 6.04 Å². The summed E-state index contributed by atoms with van der Waals surface area (Å²) in [5.74, 6) is -0.222. The topological polar surface area (TPSA) is 105 Å². The predicted molar refractivity (Wildman–Crippen MR) is 84.4 cm³/mol. The molecule has 7 nitrogen and oxygen atoms in total. The van der Waals surface area contributed by atoms with Crippen molar-refractivity contribution < 1.29 is 14.4 Å². The maximum Gasteiger partial charge on any atom is 0.325 e. The van der Waals surface area contributed by atoms with Crippen LogP contribution < -0.4 is 16.4 Å². The van der Waals surface area contributed by atoms with Crippen LogP contribution >= 0.6 is 0 Å². The molecule has 2 unspecified atom stereocenters. The fourth-order valence-corrected chi connectivity index (χ4v) is 4.21. The lowest BCUT2D eigenvalue weighted by Gasteiger charge is -2.31. The van der Waals surface area contributed by atoms with Crippen LogP contribution in [0.25, 0.3) is 0 Å². The number of nitrogens with two attached hydrogens (primary N) is 1. The number of rotatable bonds is 4. The standard InChI is InChI=1S/C16H26N4O3/c17-9-11-5-1-2-6-12(11)18-13(21)10-20-14(22)16(19-15(20)23)7-3-4-8-16/h11-12H,1-10,17H2,(H,18,21)(H,19,23). The van der Waals surface area contributed by atoms with Crippen LogP contribution in [0, 0.1) is 5.92 Å². The Kier molecular flexibility index (Phi) is 4.57. The Hall–Kier alpha value is -1.63. The van der Waals surface area contributed by atoms with Gasteiger partial charge >= 0.3 is 6.03 Å². The summed E-state index contributed by atoms with van der Waals surface area (Å²) in [7, 11) is 0. The van der Waals surface area contributed by atoms with E-state index >= 15 is 0 Å². The van der Waals surface area contributed by atoms with E-state index in [-0.39, 0.29) is 30.3 Å². The molecule has 1 heterocycles. The Morgan fingerprint density at radius 1 is 1.22 bits per heavy atom. The maximum atomic E-state index is 12.5. The van der Waals surface area contributed by atoms with Crippen molar-refractivity contribution in [3.63, 3.8) is 0 Å². The normalized spacial score (nSPS) is 29.9. The number of imide groups is 1. The molecule has 3 fully saturated rings. The molecule has 0 bridgehead atoms. The zero-order chi connectivity index (χ0) is 16.4. The fourth-order valence-electron chi connectivity index (χ4n) is 4.21. The molecular weight excluding hydrogens is 296 g/mol. The molecule has 0 radical (unpaired) electrons. The number of carbonyl (C=O) groups is 3. The van der Waals surface area contributed by atoms with Crippen molar-refractivity contribution in [3.8, 4) is 0 Å². The van der Waals surface area contributed by atoms with Crippen LogP contribution in [0.4, 0.5) is 4.79 Å². The van der Waals surface area contributed by atoms with E-state index in [1.165, 1.54) is 0 Å². The molecule has 0 aromatic heterocycles. The molecule has 3 aliphatic rings. The molecular formula is C16H26N4O3. The molecule has 128 valence electrons. The van der Waals surface area contributed by atoms with Crippen LogP contribution in [-0.2, 0) is 9.59 Å². The summed E-state index contributed by atoms with van der Waals surface area (Å²) in [4.78, 5) is 38.0. The third-order valence-corrected chi connectivity index (χ3v) is 5.56. The molecule has 4 amide bonds. The molecule has 23 heavy (non-hydrogen) atoms. The minimum Gasteiger partial charge on any atom is -0.351 e. The van der Waals surface area contributed by atoms with E-state index in [1.807, 2.05) is 0 Å². The van der Waals surface area contributed by atoms with Gasteiger partial charge in [0.2, 0.25) is 5.91 Å². The van der Waals surface area contributed by atoms with Gasteiger partial charge in [-0.2, -0.15) is 0 Å². The van der Waals surface area contributed by atoms with E-state index in [0.29, 0.717) is 19.4 Å². The van der Waals surface area contributed by atoms with Crippen LogP contribution in [0.5, 0.6) is 0 Å². The quantitative estimate of drug-likeness (QED) is 0.655. The van der Waals surface area contributed by atoms with Crippen LogP contribution in [0.15, 0.2) is 0 Å². The first-order valence-corrected chi connectivity index (χ1v) is 8.69. The minimum absolute atomic E-state index is 0.0578. The molecule has 1 spiro atoms. The predicted octanol–water partition coefficient (Wildman–Crippen LogP) is 0.485. The summed E-state index contributed by atoms with van der Waals surface area (Å²) in [5, 5.41) is 5.77. The summed E-state index contributed by atoms with van der Waals surface area (Å²) in [6.07, 6.45) is 7.38. The molecule has 2 saturated carbocycles. The fraction of sp³-hybridized carbons (Fsp3) is 0.812. The zero-order valence-corrected chi connectivity index (χ0v) is 13.5. The second-order valence-electron chi connectivity index (χ2n) is 7.06. The summed E-state index contributed by atoms with van der Waals surface area (Å²) < 4.78 is 0. The van der Waals surface area contributed by atoms with E-state index in [1.54, 1.807) is 0 Å². The number of amides is 4. The zero-order valence-electron chi connectivity index (χ0n) is 13.5. The number of hydrogen-bond donors (Lipinski definition) is 3. The van der Waals surface area contributed by atoms with Gasteiger partial charge in [0.1, 0.15) is 12.1 Å². The highest BCUT2D eigenvalue weighted by Crippen LogP contribution is 2.34. The highest BCUT2D eigenvalue weighted by atomic mass is 16.2. The third-order valence-electron chi connectivity index (χ3n) is 5.56. The lowest BCUT2D eigenvalue weighted by atomic mass is 9.84. The van der Waals surface area contributed by atoms with Crippen LogP contribution in [0.2, 0.25) is 0 Å². The van der Waals surface area contributed by atoms with E-state index in [9.17, 15) is 14.4 Å². The number of nitrogens with one attached hydrogen (secondary N) is 2. The Balaban J connectivity index is 1.59. The Labute approximate surface area is 136 Å². The van der Waals surface area contributed by atoms with Crippen LogP contribution in [0.1, 0.15) is 51.4 Å². The van der Waals surface area contributed by atoms with Crippen molar-refractivity contribution in [1.82, 2.24) is 15.5 Å². The number of nitrogens with zero attached hydrogens (tertiary/aromatic N) is 1. The number of urea groups is 1. The SMILES string of the molecule is NCC1CCCCC1NC(=O)CN1C(=O)NC2(CCCC2)C1=O. The van der Waals surface area contributed by atoms with Gasteiger partial charge < -0.3 is 16.4 Å². The summed E-state index contributed by atoms with van der Waals surface area (Å²) >= 11 is 0.